The fourth-order valence-corrected chi connectivity index (χ4v) is 5.23. The molecular formula is C20H20ClN3OS2. The molecule has 0 saturated carbocycles. The van der Waals surface area contributed by atoms with Crippen LogP contribution in [0.5, 0.6) is 0 Å². The number of thiophene rings is 1. The van der Waals surface area contributed by atoms with Crippen molar-refractivity contribution in [2.24, 2.45) is 0 Å². The molecule has 0 unspecified atom stereocenters. The van der Waals surface area contributed by atoms with Gasteiger partial charge < -0.3 is 9.80 Å². The van der Waals surface area contributed by atoms with Gasteiger partial charge in [0.05, 0.1) is 5.69 Å². The first-order valence-electron chi connectivity index (χ1n) is 8.83. The summed E-state index contributed by atoms with van der Waals surface area (Å²) < 4.78 is 0. The molecule has 0 bridgehead atoms. The van der Waals surface area contributed by atoms with Crippen LogP contribution in [0.3, 0.4) is 0 Å². The number of amides is 1. The predicted molar refractivity (Wildman–Crippen MR) is 114 cm³/mol. The molecule has 1 amide bonds. The van der Waals surface area contributed by atoms with Gasteiger partial charge in [-0.25, -0.2) is 4.98 Å². The van der Waals surface area contributed by atoms with E-state index in [2.05, 4.69) is 22.2 Å². The summed E-state index contributed by atoms with van der Waals surface area (Å²) in [6.07, 6.45) is 0. The van der Waals surface area contributed by atoms with Gasteiger partial charge in [0, 0.05) is 47.8 Å². The van der Waals surface area contributed by atoms with Crippen LogP contribution in [-0.4, -0.2) is 42.0 Å². The zero-order valence-electron chi connectivity index (χ0n) is 15.2. The number of hydrogen-bond donors (Lipinski definition) is 0. The van der Waals surface area contributed by atoms with Crippen molar-refractivity contribution in [2.45, 2.75) is 13.8 Å². The molecule has 0 N–H and O–H groups in total. The van der Waals surface area contributed by atoms with Crippen LogP contribution in [0.15, 0.2) is 35.0 Å². The molecule has 3 aromatic rings. The second kappa shape index (κ2) is 7.62. The zero-order valence-corrected chi connectivity index (χ0v) is 17.6. The molecular weight excluding hydrogens is 398 g/mol. The van der Waals surface area contributed by atoms with E-state index in [0.717, 1.165) is 44.9 Å². The van der Waals surface area contributed by atoms with Crippen molar-refractivity contribution in [1.82, 2.24) is 9.88 Å². The van der Waals surface area contributed by atoms with E-state index in [9.17, 15) is 4.79 Å². The van der Waals surface area contributed by atoms with Crippen LogP contribution in [0.2, 0.25) is 5.02 Å². The fraction of sp³-hybridized carbons (Fsp3) is 0.300. The number of nitrogens with zero attached hydrogens (tertiary/aromatic N) is 3. The number of hydrogen-bond acceptors (Lipinski definition) is 5. The van der Waals surface area contributed by atoms with E-state index in [1.165, 1.54) is 16.9 Å². The van der Waals surface area contributed by atoms with Gasteiger partial charge in [0.2, 0.25) is 0 Å². The summed E-state index contributed by atoms with van der Waals surface area (Å²) in [6, 6.07) is 8.01. The van der Waals surface area contributed by atoms with E-state index >= 15 is 0 Å². The Balaban J connectivity index is 1.47. The highest BCUT2D eigenvalue weighted by Gasteiger charge is 2.26. The second-order valence-corrected chi connectivity index (χ2v) is 8.87. The van der Waals surface area contributed by atoms with Crippen LogP contribution in [0.1, 0.15) is 20.9 Å². The van der Waals surface area contributed by atoms with Gasteiger partial charge >= 0.3 is 0 Å². The zero-order chi connectivity index (χ0) is 19.0. The quantitative estimate of drug-likeness (QED) is 0.594. The summed E-state index contributed by atoms with van der Waals surface area (Å²) in [5, 5.41) is 5.77. The Morgan fingerprint density at radius 2 is 1.93 bits per heavy atom. The van der Waals surface area contributed by atoms with Crippen molar-refractivity contribution in [3.05, 3.63) is 56.2 Å². The first-order chi connectivity index (χ1) is 13.0. The van der Waals surface area contributed by atoms with Gasteiger partial charge in [0.1, 0.15) is 9.88 Å². The molecule has 1 aliphatic heterocycles. The van der Waals surface area contributed by atoms with Crippen molar-refractivity contribution in [3.63, 3.8) is 0 Å². The number of benzene rings is 1. The van der Waals surface area contributed by atoms with Crippen molar-refractivity contribution >= 4 is 45.9 Å². The average molecular weight is 418 g/mol. The molecule has 27 heavy (non-hydrogen) atoms. The van der Waals surface area contributed by atoms with Crippen molar-refractivity contribution in [3.8, 4) is 10.6 Å². The van der Waals surface area contributed by atoms with Crippen LogP contribution in [0, 0.1) is 13.8 Å². The number of aromatic nitrogens is 1. The number of piperazine rings is 1. The van der Waals surface area contributed by atoms with Crippen LogP contribution >= 0.6 is 34.3 Å². The Hall–Kier alpha value is -1.89. The van der Waals surface area contributed by atoms with Gasteiger partial charge in [-0.3, -0.25) is 4.79 Å². The Labute approximate surface area is 172 Å². The lowest BCUT2D eigenvalue weighted by Gasteiger charge is -2.36. The highest BCUT2D eigenvalue weighted by Crippen LogP contribution is 2.31. The Kier molecular flexibility index (Phi) is 5.21. The molecule has 1 aromatic carbocycles. The molecule has 0 atom stereocenters. The summed E-state index contributed by atoms with van der Waals surface area (Å²) >= 11 is 9.30. The van der Waals surface area contributed by atoms with E-state index in [0.29, 0.717) is 13.1 Å². The lowest BCUT2D eigenvalue weighted by Crippen LogP contribution is -2.49. The molecule has 1 saturated heterocycles. The number of carbonyl (C=O) groups is 1. The predicted octanol–water partition coefficient (Wildman–Crippen LogP) is 5.10. The van der Waals surface area contributed by atoms with Gasteiger partial charge in [-0.2, -0.15) is 11.3 Å². The molecule has 4 nitrogen and oxygen atoms in total. The van der Waals surface area contributed by atoms with Crippen molar-refractivity contribution in [2.75, 3.05) is 31.1 Å². The molecule has 0 aliphatic carbocycles. The largest absolute Gasteiger partial charge is 0.368 e. The van der Waals surface area contributed by atoms with E-state index in [-0.39, 0.29) is 5.91 Å². The maximum absolute atomic E-state index is 13.0. The standard InChI is InChI=1S/C20H20ClN3OS2/c1-13-3-4-16(21)11-17(13)23-6-8-24(9-7-23)20(25)18-14(2)22-19(27-18)15-5-10-26-12-15/h3-5,10-12H,6-9H2,1-2H3. The minimum atomic E-state index is 0.0916. The molecule has 3 heterocycles. The number of rotatable bonds is 3. The Bertz CT molecular complexity index is 960. The summed E-state index contributed by atoms with van der Waals surface area (Å²) in [5.41, 5.74) is 4.27. The molecule has 140 valence electrons. The SMILES string of the molecule is Cc1ccc(Cl)cc1N1CCN(C(=O)c2sc(-c3ccsc3)nc2C)CC1. The molecule has 0 radical (unpaired) electrons. The third-order valence-electron chi connectivity index (χ3n) is 4.84. The van der Waals surface area contributed by atoms with Gasteiger partial charge in [0.25, 0.3) is 5.91 Å². The lowest BCUT2D eigenvalue weighted by atomic mass is 10.1. The van der Waals surface area contributed by atoms with Crippen molar-refractivity contribution < 1.29 is 4.79 Å². The normalized spacial score (nSPS) is 14.6. The first-order valence-corrected chi connectivity index (χ1v) is 11.0. The number of halogens is 1. The Morgan fingerprint density at radius 3 is 2.63 bits per heavy atom. The number of thiazole rings is 1. The highest BCUT2D eigenvalue weighted by molar-refractivity contribution is 7.17. The third-order valence-corrected chi connectivity index (χ3v) is 6.95. The minimum Gasteiger partial charge on any atom is -0.368 e. The van der Waals surface area contributed by atoms with Crippen LogP contribution in [0.4, 0.5) is 5.69 Å². The number of anilines is 1. The second-order valence-electron chi connectivity index (χ2n) is 6.66. The van der Waals surface area contributed by atoms with Crippen LogP contribution in [0.25, 0.3) is 10.6 Å². The molecule has 7 heteroatoms. The van der Waals surface area contributed by atoms with Gasteiger partial charge in [-0.05, 0) is 43.0 Å². The molecule has 1 aliphatic rings. The van der Waals surface area contributed by atoms with E-state index in [1.807, 2.05) is 41.5 Å². The average Bonchev–Trinajstić information content (AvgIpc) is 3.33. The van der Waals surface area contributed by atoms with Crippen LogP contribution < -0.4 is 4.90 Å². The minimum absolute atomic E-state index is 0.0916. The van der Waals surface area contributed by atoms with Gasteiger partial charge in [-0.15, -0.1) is 11.3 Å². The number of carbonyl (C=O) groups excluding carboxylic acids is 1. The molecule has 0 spiro atoms. The fourth-order valence-electron chi connectivity index (χ4n) is 3.32. The smallest absolute Gasteiger partial charge is 0.265 e. The summed E-state index contributed by atoms with van der Waals surface area (Å²) in [6.45, 7) is 7.04. The molecule has 1 fully saturated rings. The maximum Gasteiger partial charge on any atom is 0.265 e. The summed E-state index contributed by atoms with van der Waals surface area (Å²) in [5.74, 6) is 0.0916. The summed E-state index contributed by atoms with van der Waals surface area (Å²) in [7, 11) is 0. The third kappa shape index (κ3) is 3.74. The van der Waals surface area contributed by atoms with Crippen LogP contribution in [-0.2, 0) is 0 Å². The highest BCUT2D eigenvalue weighted by atomic mass is 35.5. The maximum atomic E-state index is 13.0. The molecule has 4 rings (SSSR count). The van der Waals surface area contributed by atoms with E-state index in [4.69, 9.17) is 11.6 Å². The van der Waals surface area contributed by atoms with Gasteiger partial charge in [-0.1, -0.05) is 17.7 Å². The Morgan fingerprint density at radius 1 is 1.15 bits per heavy atom. The molecule has 2 aromatic heterocycles. The monoisotopic (exact) mass is 417 g/mol. The summed E-state index contributed by atoms with van der Waals surface area (Å²) in [4.78, 5) is 22.6. The van der Waals surface area contributed by atoms with Gasteiger partial charge in [0.15, 0.2) is 0 Å². The lowest BCUT2D eigenvalue weighted by molar-refractivity contribution is 0.0750. The van der Waals surface area contributed by atoms with E-state index < -0.39 is 0 Å². The number of aryl methyl sites for hydroxylation is 2. The first kappa shape index (κ1) is 18.5. The topological polar surface area (TPSA) is 36.4 Å². The van der Waals surface area contributed by atoms with Crippen molar-refractivity contribution in [1.29, 1.82) is 0 Å². The van der Waals surface area contributed by atoms with E-state index in [1.54, 1.807) is 11.3 Å².